The van der Waals surface area contributed by atoms with Gasteiger partial charge in [0.05, 0.1) is 12.0 Å². The van der Waals surface area contributed by atoms with E-state index < -0.39 is 0 Å². The van der Waals surface area contributed by atoms with Gasteiger partial charge in [0.1, 0.15) is 0 Å². The summed E-state index contributed by atoms with van der Waals surface area (Å²) in [5, 5.41) is 3.21. The van der Waals surface area contributed by atoms with Gasteiger partial charge in [-0.15, -0.1) is 0 Å². The quantitative estimate of drug-likeness (QED) is 0.651. The van der Waals surface area contributed by atoms with E-state index in [-0.39, 0.29) is 0 Å². The van der Waals surface area contributed by atoms with Crippen LogP contribution in [0.4, 0.5) is 0 Å². The van der Waals surface area contributed by atoms with Gasteiger partial charge in [0.15, 0.2) is 0 Å². The molecule has 0 amide bonds. The molecule has 0 radical (unpaired) electrons. The van der Waals surface area contributed by atoms with E-state index in [0.717, 1.165) is 24.5 Å². The molecule has 3 nitrogen and oxygen atoms in total. The largest absolute Gasteiger partial charge is 0.348 e. The van der Waals surface area contributed by atoms with E-state index in [1.54, 1.807) is 6.33 Å². The van der Waals surface area contributed by atoms with E-state index in [9.17, 15) is 0 Å². The molecule has 1 aromatic rings. The van der Waals surface area contributed by atoms with Crippen LogP contribution in [0, 0.1) is 6.92 Å². The molecule has 0 atom stereocenters. The molecule has 2 N–H and O–H groups in total. The summed E-state index contributed by atoms with van der Waals surface area (Å²) in [4.78, 5) is 7.16. The van der Waals surface area contributed by atoms with Crippen molar-refractivity contribution in [1.29, 1.82) is 0 Å². The van der Waals surface area contributed by atoms with Crippen molar-refractivity contribution in [2.45, 2.75) is 20.4 Å². The summed E-state index contributed by atoms with van der Waals surface area (Å²) in [5.41, 5.74) is 2.27. The van der Waals surface area contributed by atoms with Crippen LogP contribution in [0.15, 0.2) is 6.33 Å². The summed E-state index contributed by atoms with van der Waals surface area (Å²) >= 11 is 0. The Bertz CT molecular complexity index is 192. The number of nitrogens with one attached hydrogen (secondary N) is 2. The summed E-state index contributed by atoms with van der Waals surface area (Å²) < 4.78 is 0. The maximum absolute atomic E-state index is 4.14. The van der Waals surface area contributed by atoms with Gasteiger partial charge in [-0.2, -0.15) is 0 Å². The topological polar surface area (TPSA) is 40.7 Å². The van der Waals surface area contributed by atoms with Crippen LogP contribution < -0.4 is 5.32 Å². The average molecular weight is 139 g/mol. The van der Waals surface area contributed by atoms with E-state index >= 15 is 0 Å². The maximum Gasteiger partial charge on any atom is 0.0925 e. The van der Waals surface area contributed by atoms with Crippen molar-refractivity contribution in [1.82, 2.24) is 15.3 Å². The Balaban J connectivity index is 2.49. The van der Waals surface area contributed by atoms with E-state index in [1.165, 1.54) is 0 Å². The van der Waals surface area contributed by atoms with Crippen LogP contribution in [-0.2, 0) is 6.54 Å². The lowest BCUT2D eigenvalue weighted by atomic mass is 10.3. The lowest BCUT2D eigenvalue weighted by Crippen LogP contribution is -2.12. The van der Waals surface area contributed by atoms with Crippen molar-refractivity contribution >= 4 is 0 Å². The Morgan fingerprint density at radius 3 is 3.00 bits per heavy atom. The van der Waals surface area contributed by atoms with Crippen molar-refractivity contribution < 1.29 is 0 Å². The zero-order valence-corrected chi connectivity index (χ0v) is 6.44. The molecule has 1 aromatic heterocycles. The minimum absolute atomic E-state index is 0.867. The Labute approximate surface area is 60.9 Å². The Kier molecular flexibility index (Phi) is 2.45. The lowest BCUT2D eigenvalue weighted by molar-refractivity contribution is 0.710. The molecule has 0 aliphatic rings. The number of aromatic amines is 1. The summed E-state index contributed by atoms with van der Waals surface area (Å²) in [7, 11) is 0. The molecule has 0 saturated carbocycles. The van der Waals surface area contributed by atoms with E-state index in [2.05, 4.69) is 22.2 Å². The van der Waals surface area contributed by atoms with Crippen molar-refractivity contribution in [2.24, 2.45) is 0 Å². The maximum atomic E-state index is 4.14. The minimum atomic E-state index is 0.867. The summed E-state index contributed by atoms with van der Waals surface area (Å²) in [5.74, 6) is 0. The predicted molar refractivity (Wildman–Crippen MR) is 40.7 cm³/mol. The first-order valence-corrected chi connectivity index (χ1v) is 3.54. The van der Waals surface area contributed by atoms with Gasteiger partial charge in [0.2, 0.25) is 0 Å². The smallest absolute Gasteiger partial charge is 0.0925 e. The molecule has 56 valence electrons. The molecule has 3 heteroatoms. The van der Waals surface area contributed by atoms with E-state index in [0.29, 0.717) is 0 Å². The molecule has 0 saturated heterocycles. The highest BCUT2D eigenvalue weighted by atomic mass is 14.9. The SMILES string of the molecule is CCNCc1nc[nH]c1C. The number of hydrogen-bond donors (Lipinski definition) is 2. The highest BCUT2D eigenvalue weighted by molar-refractivity contribution is 5.07. The fourth-order valence-electron chi connectivity index (χ4n) is 0.809. The van der Waals surface area contributed by atoms with Gasteiger partial charge in [-0.3, -0.25) is 0 Å². The van der Waals surface area contributed by atoms with Gasteiger partial charge in [-0.1, -0.05) is 6.92 Å². The number of aromatic nitrogens is 2. The van der Waals surface area contributed by atoms with E-state index in [4.69, 9.17) is 0 Å². The fourth-order valence-corrected chi connectivity index (χ4v) is 0.809. The number of imidazole rings is 1. The first kappa shape index (κ1) is 7.28. The average Bonchev–Trinajstić information content (AvgIpc) is 2.31. The molecule has 1 heterocycles. The normalized spacial score (nSPS) is 10.2. The van der Waals surface area contributed by atoms with Crippen LogP contribution in [-0.4, -0.2) is 16.5 Å². The second kappa shape index (κ2) is 3.37. The zero-order chi connectivity index (χ0) is 7.40. The third-order valence-electron chi connectivity index (χ3n) is 1.48. The molecule has 0 bridgehead atoms. The van der Waals surface area contributed by atoms with Crippen LogP contribution >= 0.6 is 0 Å². The van der Waals surface area contributed by atoms with Crippen molar-refractivity contribution in [3.63, 3.8) is 0 Å². The molecule has 1 rings (SSSR count). The number of nitrogens with zero attached hydrogens (tertiary/aromatic N) is 1. The molecule has 0 unspecified atom stereocenters. The summed E-state index contributed by atoms with van der Waals surface area (Å²) in [6.45, 7) is 5.97. The molecule has 0 aliphatic carbocycles. The number of rotatable bonds is 3. The monoisotopic (exact) mass is 139 g/mol. The third kappa shape index (κ3) is 1.57. The number of hydrogen-bond acceptors (Lipinski definition) is 2. The molecule has 10 heavy (non-hydrogen) atoms. The van der Waals surface area contributed by atoms with Crippen molar-refractivity contribution in [3.05, 3.63) is 17.7 Å². The lowest BCUT2D eigenvalue weighted by Gasteiger charge is -1.97. The van der Waals surface area contributed by atoms with Gasteiger partial charge >= 0.3 is 0 Å². The van der Waals surface area contributed by atoms with Gasteiger partial charge in [-0.25, -0.2) is 4.98 Å². The Hall–Kier alpha value is -0.830. The van der Waals surface area contributed by atoms with Crippen LogP contribution in [0.3, 0.4) is 0 Å². The first-order valence-electron chi connectivity index (χ1n) is 3.54. The molecule has 0 spiro atoms. The number of H-pyrrole nitrogens is 1. The van der Waals surface area contributed by atoms with Gasteiger partial charge in [0, 0.05) is 12.2 Å². The summed E-state index contributed by atoms with van der Waals surface area (Å²) in [6, 6.07) is 0. The molecule has 0 aliphatic heterocycles. The standard InChI is InChI=1S/C7H13N3/c1-3-8-4-7-6(2)9-5-10-7/h5,8H,3-4H2,1-2H3,(H,9,10). The number of aryl methyl sites for hydroxylation is 1. The second-order valence-electron chi connectivity index (χ2n) is 2.25. The second-order valence-corrected chi connectivity index (χ2v) is 2.25. The van der Waals surface area contributed by atoms with Gasteiger partial charge < -0.3 is 10.3 Å². The molecule has 0 fully saturated rings. The molecule has 0 aromatic carbocycles. The van der Waals surface area contributed by atoms with Gasteiger partial charge in [0.25, 0.3) is 0 Å². The van der Waals surface area contributed by atoms with Crippen molar-refractivity contribution in [3.8, 4) is 0 Å². The fraction of sp³-hybridized carbons (Fsp3) is 0.571. The Morgan fingerprint density at radius 1 is 1.70 bits per heavy atom. The minimum Gasteiger partial charge on any atom is -0.348 e. The van der Waals surface area contributed by atoms with Crippen LogP contribution in [0.1, 0.15) is 18.3 Å². The van der Waals surface area contributed by atoms with Crippen LogP contribution in [0.5, 0.6) is 0 Å². The zero-order valence-electron chi connectivity index (χ0n) is 6.44. The predicted octanol–water partition coefficient (Wildman–Crippen LogP) is 0.828. The van der Waals surface area contributed by atoms with E-state index in [1.807, 2.05) is 6.92 Å². The van der Waals surface area contributed by atoms with Crippen LogP contribution in [0.25, 0.3) is 0 Å². The van der Waals surface area contributed by atoms with Gasteiger partial charge in [-0.05, 0) is 13.5 Å². The highest BCUT2D eigenvalue weighted by Gasteiger charge is 1.96. The molecular weight excluding hydrogens is 126 g/mol. The van der Waals surface area contributed by atoms with Crippen LogP contribution in [0.2, 0.25) is 0 Å². The van der Waals surface area contributed by atoms with Crippen molar-refractivity contribution in [2.75, 3.05) is 6.54 Å². The Morgan fingerprint density at radius 2 is 2.50 bits per heavy atom. The molecular formula is C7H13N3. The first-order chi connectivity index (χ1) is 4.84. The highest BCUT2D eigenvalue weighted by Crippen LogP contribution is 1.98. The third-order valence-corrected chi connectivity index (χ3v) is 1.48. The summed E-state index contributed by atoms with van der Waals surface area (Å²) in [6.07, 6.45) is 1.72.